The van der Waals surface area contributed by atoms with Crippen molar-refractivity contribution in [3.63, 3.8) is 0 Å². The van der Waals surface area contributed by atoms with Crippen molar-refractivity contribution in [1.29, 1.82) is 0 Å². The second-order valence-electron chi connectivity index (χ2n) is 7.62. The summed E-state index contributed by atoms with van der Waals surface area (Å²) in [5.41, 5.74) is -9.65. The van der Waals surface area contributed by atoms with E-state index in [1.807, 2.05) is 0 Å². The minimum Gasteiger partial charge on any atom is -0.872 e. The van der Waals surface area contributed by atoms with E-state index in [-0.39, 0.29) is 12.1 Å². The van der Waals surface area contributed by atoms with Crippen LogP contribution < -0.4 is 5.11 Å². The summed E-state index contributed by atoms with van der Waals surface area (Å²) >= 11 is 0. The number of alkyl halides is 14. The van der Waals surface area contributed by atoms with Crippen LogP contribution in [0.4, 0.5) is 61.5 Å². The summed E-state index contributed by atoms with van der Waals surface area (Å²) in [5, 5.41) is 10.8. The van der Waals surface area contributed by atoms with E-state index in [1.54, 1.807) is 0 Å². The molecule has 36 heavy (non-hydrogen) atoms. The molecule has 2 nitrogen and oxygen atoms in total. The molecular weight excluding hydrogens is 538 g/mol. The molecule has 0 bridgehead atoms. The quantitative estimate of drug-likeness (QED) is 0.261. The molecule has 3 rings (SSSR count). The molecule has 0 saturated heterocycles. The molecule has 0 unspecified atom stereocenters. The van der Waals surface area contributed by atoms with Crippen LogP contribution in [-0.4, -0.2) is 35.6 Å². The molecule has 2 aromatic rings. The molecule has 0 spiro atoms. The van der Waals surface area contributed by atoms with Crippen molar-refractivity contribution in [2.45, 2.75) is 36.0 Å². The Labute approximate surface area is 189 Å². The largest absolute Gasteiger partial charge is 0.872 e. The number of fused-ring (bicyclic) bond motifs is 1. The lowest BCUT2D eigenvalue weighted by atomic mass is 9.74. The number of allylic oxidation sites excluding steroid dienone is 1. The van der Waals surface area contributed by atoms with E-state index < -0.39 is 81.0 Å². The van der Waals surface area contributed by atoms with E-state index in [0.717, 1.165) is 24.3 Å². The van der Waals surface area contributed by atoms with E-state index in [0.29, 0.717) is 0 Å². The first-order valence-corrected chi connectivity index (χ1v) is 9.12. The van der Waals surface area contributed by atoms with Gasteiger partial charge in [-0.05, 0) is 28.5 Å². The number of hydrogen-bond acceptors (Lipinski definition) is 2. The molecule has 1 aliphatic carbocycles. The highest BCUT2D eigenvalue weighted by Gasteiger charge is 3.06. The van der Waals surface area contributed by atoms with Gasteiger partial charge in [-0.3, -0.25) is 4.79 Å². The molecule has 16 heteroatoms. The van der Waals surface area contributed by atoms with E-state index in [4.69, 9.17) is 0 Å². The van der Waals surface area contributed by atoms with Gasteiger partial charge in [0.05, 0.1) is 5.56 Å². The first-order valence-electron chi connectivity index (χ1n) is 9.12. The topological polar surface area (TPSA) is 40.1 Å². The summed E-state index contributed by atoms with van der Waals surface area (Å²) in [6.45, 7) is 0. The number of halogens is 14. The van der Waals surface area contributed by atoms with Crippen molar-refractivity contribution >= 4 is 22.3 Å². The average molecular weight is 545 g/mol. The summed E-state index contributed by atoms with van der Waals surface area (Å²) in [5.74, 6) is -35.8. The number of hydrogen-bond donors (Lipinski definition) is 0. The van der Waals surface area contributed by atoms with Crippen LogP contribution in [0.2, 0.25) is 0 Å². The number of carbonyl (C=O) groups excluding carboxylic acids is 1. The number of benzene rings is 2. The van der Waals surface area contributed by atoms with Crippen molar-refractivity contribution in [2.75, 3.05) is 0 Å². The molecule has 198 valence electrons. The van der Waals surface area contributed by atoms with Crippen molar-refractivity contribution in [2.24, 2.45) is 5.41 Å². The molecule has 0 radical (unpaired) electrons. The van der Waals surface area contributed by atoms with Crippen LogP contribution in [0.1, 0.15) is 11.1 Å². The number of rotatable bonds is 3. The lowest BCUT2D eigenvalue weighted by Gasteiger charge is -2.37. The van der Waals surface area contributed by atoms with E-state index >= 15 is 0 Å². The van der Waals surface area contributed by atoms with Crippen LogP contribution in [-0.2, 0) is 11.0 Å². The average Bonchev–Trinajstić information content (AvgIpc) is 2.76. The zero-order chi connectivity index (χ0) is 27.9. The van der Waals surface area contributed by atoms with Crippen LogP contribution in [0.3, 0.4) is 0 Å². The number of carbonyl (C=O) groups is 1. The first-order chi connectivity index (χ1) is 16.0. The number of ketones is 1. The van der Waals surface area contributed by atoms with E-state index in [9.17, 15) is 71.4 Å². The molecule has 0 atom stereocenters. The minimum absolute atomic E-state index is 0.175. The van der Waals surface area contributed by atoms with Gasteiger partial charge in [0.25, 0.3) is 5.41 Å². The SMILES string of the molecule is O=C(/C=C(\[O-])c1ccc(C(F)(F)F)c2ccccc12)C1(C(F)(F)F)C(F)(F)C(F)(F)C(F)(F)C1(F)F. The Kier molecular flexibility index (Phi) is 5.71. The smallest absolute Gasteiger partial charge is 0.417 e. The predicted molar refractivity (Wildman–Crippen MR) is 90.2 cm³/mol. The van der Waals surface area contributed by atoms with E-state index in [2.05, 4.69) is 0 Å². The molecular formula is C20H7F14O2-. The van der Waals surface area contributed by atoms with Gasteiger partial charge in [-0.1, -0.05) is 36.1 Å². The molecule has 1 fully saturated rings. The lowest BCUT2D eigenvalue weighted by Crippen LogP contribution is -2.64. The van der Waals surface area contributed by atoms with Crippen LogP contribution in [0.5, 0.6) is 0 Å². The van der Waals surface area contributed by atoms with Gasteiger partial charge in [-0.15, -0.1) is 0 Å². The Morgan fingerprint density at radius 3 is 1.56 bits per heavy atom. The maximum Gasteiger partial charge on any atom is 0.417 e. The normalized spacial score (nSPS) is 22.6. The highest BCUT2D eigenvalue weighted by atomic mass is 19.4. The van der Waals surface area contributed by atoms with E-state index in [1.165, 1.54) is 0 Å². The molecule has 0 amide bonds. The molecule has 2 aromatic carbocycles. The minimum atomic E-state index is -7.47. The maximum absolute atomic E-state index is 14.2. The summed E-state index contributed by atoms with van der Waals surface area (Å²) < 4.78 is 191. The van der Waals surface area contributed by atoms with Crippen LogP contribution >= 0.6 is 0 Å². The van der Waals surface area contributed by atoms with Gasteiger partial charge in [0.15, 0.2) is 5.78 Å². The monoisotopic (exact) mass is 545 g/mol. The summed E-state index contributed by atoms with van der Waals surface area (Å²) in [6.07, 6.45) is -13.7. The van der Waals surface area contributed by atoms with Gasteiger partial charge in [0, 0.05) is 0 Å². The molecule has 0 aromatic heterocycles. The molecule has 0 N–H and O–H groups in total. The third-order valence-corrected chi connectivity index (χ3v) is 5.68. The Morgan fingerprint density at radius 2 is 1.14 bits per heavy atom. The second kappa shape index (κ2) is 7.47. The third-order valence-electron chi connectivity index (χ3n) is 5.68. The summed E-state index contributed by atoms with van der Waals surface area (Å²) in [6, 6.07) is 3.90. The summed E-state index contributed by atoms with van der Waals surface area (Å²) in [7, 11) is 0. The Morgan fingerprint density at radius 1 is 0.694 bits per heavy atom. The second-order valence-corrected chi connectivity index (χ2v) is 7.62. The maximum atomic E-state index is 14.2. The Balaban J connectivity index is 2.32. The van der Waals surface area contributed by atoms with Gasteiger partial charge in [0.1, 0.15) is 0 Å². The predicted octanol–water partition coefficient (Wildman–Crippen LogP) is 6.23. The lowest BCUT2D eigenvalue weighted by molar-refractivity contribution is -0.341. The van der Waals surface area contributed by atoms with Crippen molar-refractivity contribution in [3.05, 3.63) is 53.6 Å². The molecule has 0 aliphatic heterocycles. The van der Waals surface area contributed by atoms with Crippen LogP contribution in [0.15, 0.2) is 42.5 Å². The zero-order valence-corrected chi connectivity index (χ0v) is 16.6. The highest BCUT2D eigenvalue weighted by Crippen LogP contribution is 2.75. The van der Waals surface area contributed by atoms with Crippen LogP contribution in [0.25, 0.3) is 16.5 Å². The summed E-state index contributed by atoms with van der Waals surface area (Å²) in [4.78, 5) is 12.2. The zero-order valence-electron chi connectivity index (χ0n) is 16.6. The molecule has 1 aliphatic rings. The van der Waals surface area contributed by atoms with Gasteiger partial charge in [-0.25, -0.2) is 0 Å². The van der Waals surface area contributed by atoms with Gasteiger partial charge in [0.2, 0.25) is 0 Å². The fraction of sp³-hybridized carbons (Fsp3) is 0.350. The van der Waals surface area contributed by atoms with Gasteiger partial charge < -0.3 is 5.11 Å². The van der Waals surface area contributed by atoms with Gasteiger partial charge in [-0.2, -0.15) is 61.5 Å². The molecule has 0 heterocycles. The fourth-order valence-corrected chi connectivity index (χ4v) is 3.93. The standard InChI is InChI=1S/C20H8F14O2/c21-15(22,23)11-6-5-10(8-3-1-2-4-9(8)11)12(35)7-13(36)14(20(32,33)34)16(24,25)18(28,29)19(30,31)17(14,26)27/h1-7,35H/p-1/b12-7-. The molecule has 1 saturated carbocycles. The van der Waals surface area contributed by atoms with Crippen molar-refractivity contribution in [3.8, 4) is 0 Å². The van der Waals surface area contributed by atoms with Crippen molar-refractivity contribution in [1.82, 2.24) is 0 Å². The van der Waals surface area contributed by atoms with Crippen molar-refractivity contribution < 1.29 is 71.4 Å². The fourth-order valence-electron chi connectivity index (χ4n) is 3.93. The first kappa shape index (κ1) is 27.5. The Bertz CT molecular complexity index is 1230. The van der Waals surface area contributed by atoms with Crippen LogP contribution in [0, 0.1) is 5.41 Å². The van der Waals surface area contributed by atoms with Gasteiger partial charge >= 0.3 is 36.0 Å². The highest BCUT2D eigenvalue weighted by molar-refractivity contribution is 6.05. The third kappa shape index (κ3) is 3.07. The Hall–Kier alpha value is -3.07.